The number of thioether (sulfide) groups is 1. The van der Waals surface area contributed by atoms with Gasteiger partial charge in [-0.3, -0.25) is 9.59 Å². The van der Waals surface area contributed by atoms with Crippen molar-refractivity contribution in [1.82, 2.24) is 10.2 Å². The van der Waals surface area contributed by atoms with Gasteiger partial charge in [-0.25, -0.2) is 4.79 Å². The Morgan fingerprint density at radius 3 is 2.62 bits per heavy atom. The van der Waals surface area contributed by atoms with Gasteiger partial charge in [0.25, 0.3) is 0 Å². The minimum absolute atomic E-state index is 0.186. The minimum atomic E-state index is -0.774. The first-order chi connectivity index (χ1) is 9.96. The third-order valence-corrected chi connectivity index (χ3v) is 3.16. The second kappa shape index (κ2) is 11.0. The molecule has 3 N–H and O–H groups in total. The molecule has 0 aromatic rings. The first-order valence-electron chi connectivity index (χ1n) is 6.56. The van der Waals surface area contributed by atoms with E-state index in [4.69, 9.17) is 10.5 Å². The van der Waals surface area contributed by atoms with Crippen LogP contribution in [-0.4, -0.2) is 60.6 Å². The molecule has 1 atom stereocenters. The van der Waals surface area contributed by atoms with Crippen LogP contribution in [0.2, 0.25) is 0 Å². The number of hydrogen-bond acceptors (Lipinski definition) is 5. The van der Waals surface area contributed by atoms with Crippen molar-refractivity contribution in [3.05, 3.63) is 12.7 Å². The van der Waals surface area contributed by atoms with Gasteiger partial charge >= 0.3 is 12.0 Å². The van der Waals surface area contributed by atoms with Crippen LogP contribution in [0, 0.1) is 0 Å². The van der Waals surface area contributed by atoms with E-state index in [-0.39, 0.29) is 25.6 Å². The van der Waals surface area contributed by atoms with E-state index in [0.29, 0.717) is 12.2 Å². The summed E-state index contributed by atoms with van der Waals surface area (Å²) in [6.45, 7) is 5.49. The summed E-state index contributed by atoms with van der Waals surface area (Å²) in [6.07, 6.45) is 3.83. The molecule has 0 saturated carbocycles. The van der Waals surface area contributed by atoms with Crippen molar-refractivity contribution in [1.29, 1.82) is 0 Å². The zero-order valence-electron chi connectivity index (χ0n) is 12.5. The third kappa shape index (κ3) is 8.23. The zero-order chi connectivity index (χ0) is 16.3. The minimum Gasteiger partial charge on any atom is -0.465 e. The number of nitrogens with two attached hydrogens (primary N) is 1. The normalized spacial score (nSPS) is 11.3. The van der Waals surface area contributed by atoms with Gasteiger partial charge in [0, 0.05) is 6.54 Å². The van der Waals surface area contributed by atoms with E-state index in [0.717, 1.165) is 0 Å². The fourth-order valence-corrected chi connectivity index (χ4v) is 2.11. The monoisotopic (exact) mass is 317 g/mol. The van der Waals surface area contributed by atoms with Crippen LogP contribution in [0.1, 0.15) is 13.3 Å². The largest absolute Gasteiger partial charge is 0.465 e. The van der Waals surface area contributed by atoms with Crippen molar-refractivity contribution in [2.24, 2.45) is 5.73 Å². The highest BCUT2D eigenvalue weighted by Gasteiger charge is 2.26. The molecule has 21 heavy (non-hydrogen) atoms. The van der Waals surface area contributed by atoms with Crippen molar-refractivity contribution in [3.63, 3.8) is 0 Å². The number of hydrogen-bond donors (Lipinski definition) is 2. The SMILES string of the molecule is C=CCN(CC(=O)OCC)C(=O)C(CCSC)NC(N)=O. The van der Waals surface area contributed by atoms with Gasteiger partial charge in [0.1, 0.15) is 12.6 Å². The summed E-state index contributed by atoms with van der Waals surface area (Å²) in [5.74, 6) is -0.205. The lowest BCUT2D eigenvalue weighted by Gasteiger charge is -2.25. The number of amides is 3. The topological polar surface area (TPSA) is 102 Å². The van der Waals surface area contributed by atoms with E-state index < -0.39 is 18.0 Å². The molecule has 0 aliphatic heterocycles. The average molecular weight is 317 g/mol. The maximum Gasteiger partial charge on any atom is 0.325 e. The number of esters is 1. The summed E-state index contributed by atoms with van der Waals surface area (Å²) >= 11 is 1.55. The number of nitrogens with one attached hydrogen (secondary N) is 1. The molecular weight excluding hydrogens is 294 g/mol. The Balaban J connectivity index is 4.87. The van der Waals surface area contributed by atoms with E-state index in [9.17, 15) is 14.4 Å². The molecule has 0 heterocycles. The van der Waals surface area contributed by atoms with E-state index in [1.807, 2.05) is 6.26 Å². The van der Waals surface area contributed by atoms with E-state index in [1.54, 1.807) is 18.7 Å². The van der Waals surface area contributed by atoms with Crippen molar-refractivity contribution in [3.8, 4) is 0 Å². The van der Waals surface area contributed by atoms with Gasteiger partial charge in [-0.2, -0.15) is 11.8 Å². The van der Waals surface area contributed by atoms with Crippen LogP contribution in [0.15, 0.2) is 12.7 Å². The molecule has 120 valence electrons. The molecule has 8 heteroatoms. The highest BCUT2D eigenvalue weighted by molar-refractivity contribution is 7.98. The van der Waals surface area contributed by atoms with Gasteiger partial charge in [0.2, 0.25) is 5.91 Å². The smallest absolute Gasteiger partial charge is 0.325 e. The Hall–Kier alpha value is -1.70. The molecule has 0 rings (SSSR count). The van der Waals surface area contributed by atoms with Crippen LogP contribution in [0.4, 0.5) is 4.79 Å². The lowest BCUT2D eigenvalue weighted by molar-refractivity contribution is -0.149. The predicted molar refractivity (Wildman–Crippen MR) is 82.9 cm³/mol. The Labute approximate surface area is 129 Å². The molecule has 0 aliphatic carbocycles. The lowest BCUT2D eigenvalue weighted by atomic mass is 10.2. The Bertz CT molecular complexity index is 376. The summed E-state index contributed by atoms with van der Waals surface area (Å²) in [4.78, 5) is 36.2. The maximum absolute atomic E-state index is 12.4. The van der Waals surface area contributed by atoms with Crippen LogP contribution >= 0.6 is 11.8 Å². The van der Waals surface area contributed by atoms with Gasteiger partial charge in [-0.1, -0.05) is 6.08 Å². The predicted octanol–water partition coefficient (Wildman–Crippen LogP) is 0.354. The molecule has 0 aliphatic rings. The van der Waals surface area contributed by atoms with Gasteiger partial charge < -0.3 is 20.7 Å². The summed E-state index contributed by atoms with van der Waals surface area (Å²) in [5, 5.41) is 2.41. The summed E-state index contributed by atoms with van der Waals surface area (Å²) in [5.41, 5.74) is 5.09. The van der Waals surface area contributed by atoms with Gasteiger partial charge in [-0.15, -0.1) is 6.58 Å². The highest BCUT2D eigenvalue weighted by Crippen LogP contribution is 2.05. The third-order valence-electron chi connectivity index (χ3n) is 2.51. The summed E-state index contributed by atoms with van der Waals surface area (Å²) < 4.78 is 4.83. The van der Waals surface area contributed by atoms with Crippen LogP contribution < -0.4 is 11.1 Å². The number of nitrogens with zero attached hydrogens (tertiary/aromatic N) is 1. The van der Waals surface area contributed by atoms with Crippen LogP contribution in [0.3, 0.4) is 0 Å². The molecule has 0 bridgehead atoms. The molecule has 0 fully saturated rings. The van der Waals surface area contributed by atoms with Crippen molar-refractivity contribution >= 4 is 29.7 Å². The van der Waals surface area contributed by atoms with Gasteiger partial charge in [0.15, 0.2) is 0 Å². The first-order valence-corrected chi connectivity index (χ1v) is 7.95. The quantitative estimate of drug-likeness (QED) is 0.447. The maximum atomic E-state index is 12.4. The lowest BCUT2D eigenvalue weighted by Crippen LogP contribution is -2.51. The number of carbonyl (C=O) groups excluding carboxylic acids is 3. The average Bonchev–Trinajstić information content (AvgIpc) is 2.42. The Morgan fingerprint density at radius 1 is 1.48 bits per heavy atom. The standard InChI is InChI=1S/C13H23N3O4S/c1-4-7-16(9-11(17)20-5-2)12(18)10(6-8-21-3)15-13(14)19/h4,10H,1,5-9H2,2-3H3,(H3,14,15,19). The molecule has 0 aromatic carbocycles. The summed E-state index contributed by atoms with van der Waals surface area (Å²) in [7, 11) is 0. The van der Waals surface area contributed by atoms with E-state index in [2.05, 4.69) is 11.9 Å². The molecule has 0 radical (unpaired) electrons. The van der Waals surface area contributed by atoms with Crippen LogP contribution in [-0.2, 0) is 14.3 Å². The molecule has 3 amide bonds. The second-order valence-corrected chi connectivity index (χ2v) is 5.14. The molecule has 7 nitrogen and oxygen atoms in total. The van der Waals surface area contributed by atoms with Crippen LogP contribution in [0.25, 0.3) is 0 Å². The molecular formula is C13H23N3O4S. The highest BCUT2D eigenvalue weighted by atomic mass is 32.2. The van der Waals surface area contributed by atoms with Crippen molar-refractivity contribution in [2.45, 2.75) is 19.4 Å². The number of primary amides is 1. The van der Waals surface area contributed by atoms with Crippen molar-refractivity contribution < 1.29 is 19.1 Å². The van der Waals surface area contributed by atoms with Crippen LogP contribution in [0.5, 0.6) is 0 Å². The fraction of sp³-hybridized carbons (Fsp3) is 0.615. The Morgan fingerprint density at radius 2 is 2.14 bits per heavy atom. The number of carbonyl (C=O) groups is 3. The number of urea groups is 1. The molecule has 0 aromatic heterocycles. The first kappa shape index (κ1) is 19.3. The summed E-state index contributed by atoms with van der Waals surface area (Å²) in [6, 6.07) is -1.53. The number of rotatable bonds is 10. The van der Waals surface area contributed by atoms with E-state index >= 15 is 0 Å². The van der Waals surface area contributed by atoms with Crippen molar-refractivity contribution in [2.75, 3.05) is 31.7 Å². The van der Waals surface area contributed by atoms with Gasteiger partial charge in [0.05, 0.1) is 6.61 Å². The van der Waals surface area contributed by atoms with Gasteiger partial charge in [-0.05, 0) is 25.4 Å². The molecule has 0 saturated heterocycles. The Kier molecular flexibility index (Phi) is 10.1. The zero-order valence-corrected chi connectivity index (χ0v) is 13.3. The fourth-order valence-electron chi connectivity index (χ4n) is 1.64. The second-order valence-electron chi connectivity index (χ2n) is 4.16. The number of ether oxygens (including phenoxy) is 1. The molecule has 1 unspecified atom stereocenters. The van der Waals surface area contributed by atoms with E-state index in [1.165, 1.54) is 11.0 Å². The molecule has 0 spiro atoms.